The molecule has 0 aromatic heterocycles. The van der Waals surface area contributed by atoms with Crippen LogP contribution in [-0.2, 0) is 12.0 Å². The van der Waals surface area contributed by atoms with E-state index in [0.717, 1.165) is 12.2 Å². The third kappa shape index (κ3) is 5.36. The highest BCUT2D eigenvalue weighted by molar-refractivity contribution is 7.80. The van der Waals surface area contributed by atoms with E-state index >= 15 is 0 Å². The SMILES string of the molecule is Cc1cc(C)cc(CNC(=S)Nc2ccc(C(C)(C)C)cc2)c1. The summed E-state index contributed by atoms with van der Waals surface area (Å²) in [5, 5.41) is 7.15. The maximum atomic E-state index is 5.38. The number of hydrogen-bond acceptors (Lipinski definition) is 1. The zero-order chi connectivity index (χ0) is 17.0. The first kappa shape index (κ1) is 17.5. The first-order valence-electron chi connectivity index (χ1n) is 7.96. The van der Waals surface area contributed by atoms with Gasteiger partial charge in [-0.15, -0.1) is 0 Å². The third-order valence-electron chi connectivity index (χ3n) is 3.74. The van der Waals surface area contributed by atoms with Gasteiger partial charge in [-0.05, 0) is 54.7 Å². The van der Waals surface area contributed by atoms with E-state index in [4.69, 9.17) is 12.2 Å². The average Bonchev–Trinajstić information content (AvgIpc) is 2.44. The van der Waals surface area contributed by atoms with Gasteiger partial charge < -0.3 is 10.6 Å². The summed E-state index contributed by atoms with van der Waals surface area (Å²) in [6, 6.07) is 15.0. The highest BCUT2D eigenvalue weighted by atomic mass is 32.1. The van der Waals surface area contributed by atoms with Gasteiger partial charge in [-0.25, -0.2) is 0 Å². The van der Waals surface area contributed by atoms with Crippen molar-refractivity contribution in [1.82, 2.24) is 5.32 Å². The van der Waals surface area contributed by atoms with Crippen LogP contribution in [0.1, 0.15) is 43.0 Å². The molecule has 0 aliphatic heterocycles. The largest absolute Gasteiger partial charge is 0.358 e. The second kappa shape index (κ2) is 7.14. The molecule has 0 saturated carbocycles. The van der Waals surface area contributed by atoms with Crippen molar-refractivity contribution in [2.24, 2.45) is 0 Å². The number of benzene rings is 2. The predicted molar refractivity (Wildman–Crippen MR) is 104 cm³/mol. The van der Waals surface area contributed by atoms with E-state index in [1.54, 1.807) is 0 Å². The first-order valence-corrected chi connectivity index (χ1v) is 8.37. The van der Waals surface area contributed by atoms with Crippen molar-refractivity contribution in [3.8, 4) is 0 Å². The lowest BCUT2D eigenvalue weighted by molar-refractivity contribution is 0.590. The lowest BCUT2D eigenvalue weighted by Crippen LogP contribution is -2.28. The maximum Gasteiger partial charge on any atom is 0.171 e. The number of anilines is 1. The molecule has 0 bridgehead atoms. The van der Waals surface area contributed by atoms with Crippen molar-refractivity contribution >= 4 is 23.0 Å². The Morgan fingerprint density at radius 1 is 0.957 bits per heavy atom. The standard InChI is InChI=1S/C20H26N2S/c1-14-10-15(2)12-16(11-14)13-21-19(23)22-18-8-6-17(7-9-18)20(3,4)5/h6-12H,13H2,1-5H3,(H2,21,22,23). The summed E-state index contributed by atoms with van der Waals surface area (Å²) in [5.74, 6) is 0. The minimum Gasteiger partial charge on any atom is -0.358 e. The first-order chi connectivity index (χ1) is 10.7. The van der Waals surface area contributed by atoms with Crippen LogP contribution in [0.5, 0.6) is 0 Å². The summed E-state index contributed by atoms with van der Waals surface area (Å²) in [5.41, 5.74) is 6.29. The minimum atomic E-state index is 0.167. The highest BCUT2D eigenvalue weighted by Crippen LogP contribution is 2.23. The van der Waals surface area contributed by atoms with Gasteiger partial charge in [0.25, 0.3) is 0 Å². The molecule has 122 valence electrons. The van der Waals surface area contributed by atoms with Crippen LogP contribution in [0.4, 0.5) is 5.69 Å². The van der Waals surface area contributed by atoms with Gasteiger partial charge in [0.2, 0.25) is 0 Å². The summed E-state index contributed by atoms with van der Waals surface area (Å²) < 4.78 is 0. The zero-order valence-electron chi connectivity index (χ0n) is 14.7. The van der Waals surface area contributed by atoms with E-state index in [1.807, 2.05) is 0 Å². The molecule has 3 heteroatoms. The smallest absolute Gasteiger partial charge is 0.171 e. The number of rotatable bonds is 3. The number of hydrogen-bond donors (Lipinski definition) is 2. The topological polar surface area (TPSA) is 24.1 Å². The number of thiocarbonyl (C=S) groups is 1. The molecule has 2 N–H and O–H groups in total. The average molecular weight is 327 g/mol. The molecule has 23 heavy (non-hydrogen) atoms. The van der Waals surface area contributed by atoms with Crippen LogP contribution >= 0.6 is 12.2 Å². The van der Waals surface area contributed by atoms with Crippen molar-refractivity contribution < 1.29 is 0 Å². The van der Waals surface area contributed by atoms with Crippen molar-refractivity contribution in [3.05, 3.63) is 64.7 Å². The lowest BCUT2D eigenvalue weighted by atomic mass is 9.87. The van der Waals surface area contributed by atoms with Crippen LogP contribution < -0.4 is 10.6 Å². The van der Waals surface area contributed by atoms with Crippen molar-refractivity contribution in [3.63, 3.8) is 0 Å². The second-order valence-electron chi connectivity index (χ2n) is 7.13. The Labute approximate surface area is 145 Å². The molecule has 0 heterocycles. The van der Waals surface area contributed by atoms with E-state index in [1.165, 1.54) is 22.3 Å². The molecule has 0 amide bonds. The molecule has 0 atom stereocenters. The van der Waals surface area contributed by atoms with Gasteiger partial charge in [0.1, 0.15) is 0 Å². The van der Waals surface area contributed by atoms with Crippen molar-refractivity contribution in [2.45, 2.75) is 46.6 Å². The molecule has 0 aliphatic carbocycles. The lowest BCUT2D eigenvalue weighted by Gasteiger charge is -2.19. The highest BCUT2D eigenvalue weighted by Gasteiger charge is 2.12. The molecule has 2 aromatic rings. The molecule has 0 fully saturated rings. The van der Waals surface area contributed by atoms with Crippen LogP contribution in [-0.4, -0.2) is 5.11 Å². The molecule has 2 aromatic carbocycles. The summed E-state index contributed by atoms with van der Waals surface area (Å²) in [6.07, 6.45) is 0. The Morgan fingerprint density at radius 3 is 2.04 bits per heavy atom. The maximum absolute atomic E-state index is 5.38. The van der Waals surface area contributed by atoms with E-state index in [-0.39, 0.29) is 5.41 Å². The molecule has 0 aliphatic rings. The molecular formula is C20H26N2S. The van der Waals surface area contributed by atoms with Gasteiger partial charge in [0, 0.05) is 12.2 Å². The van der Waals surface area contributed by atoms with E-state index in [9.17, 15) is 0 Å². The Kier molecular flexibility index (Phi) is 5.42. The Bertz CT molecular complexity index is 662. The van der Waals surface area contributed by atoms with Crippen LogP contribution in [0.2, 0.25) is 0 Å². The fourth-order valence-corrected chi connectivity index (χ4v) is 2.77. The van der Waals surface area contributed by atoms with Crippen LogP contribution in [0.15, 0.2) is 42.5 Å². The molecule has 2 nitrogen and oxygen atoms in total. The van der Waals surface area contributed by atoms with E-state index in [2.05, 4.69) is 87.7 Å². The molecular weight excluding hydrogens is 300 g/mol. The summed E-state index contributed by atoms with van der Waals surface area (Å²) in [4.78, 5) is 0. The van der Waals surface area contributed by atoms with E-state index in [0.29, 0.717) is 5.11 Å². The Morgan fingerprint density at radius 2 is 1.52 bits per heavy atom. The summed E-state index contributed by atoms with van der Waals surface area (Å²) in [7, 11) is 0. The second-order valence-corrected chi connectivity index (χ2v) is 7.54. The minimum absolute atomic E-state index is 0.167. The molecule has 0 unspecified atom stereocenters. The fourth-order valence-electron chi connectivity index (χ4n) is 2.58. The summed E-state index contributed by atoms with van der Waals surface area (Å²) in [6.45, 7) is 11.6. The quantitative estimate of drug-likeness (QED) is 0.769. The van der Waals surface area contributed by atoms with Gasteiger partial charge in [-0.2, -0.15) is 0 Å². The van der Waals surface area contributed by atoms with Crippen molar-refractivity contribution in [1.29, 1.82) is 0 Å². The monoisotopic (exact) mass is 326 g/mol. The van der Waals surface area contributed by atoms with Gasteiger partial charge in [0.15, 0.2) is 5.11 Å². The van der Waals surface area contributed by atoms with E-state index < -0.39 is 0 Å². The Hall–Kier alpha value is -1.87. The molecule has 2 rings (SSSR count). The van der Waals surface area contributed by atoms with Gasteiger partial charge >= 0.3 is 0 Å². The normalized spacial score (nSPS) is 11.2. The third-order valence-corrected chi connectivity index (χ3v) is 3.99. The van der Waals surface area contributed by atoms with Gasteiger partial charge in [-0.1, -0.05) is 62.2 Å². The fraction of sp³-hybridized carbons (Fsp3) is 0.350. The van der Waals surface area contributed by atoms with Gasteiger partial charge in [-0.3, -0.25) is 0 Å². The molecule has 0 saturated heterocycles. The van der Waals surface area contributed by atoms with Gasteiger partial charge in [0.05, 0.1) is 0 Å². The Balaban J connectivity index is 1.92. The van der Waals surface area contributed by atoms with Crippen LogP contribution in [0, 0.1) is 13.8 Å². The van der Waals surface area contributed by atoms with Crippen LogP contribution in [0.25, 0.3) is 0 Å². The molecule has 0 spiro atoms. The number of nitrogens with one attached hydrogen (secondary N) is 2. The van der Waals surface area contributed by atoms with Crippen molar-refractivity contribution in [2.75, 3.05) is 5.32 Å². The zero-order valence-corrected chi connectivity index (χ0v) is 15.5. The predicted octanol–water partition coefficient (Wildman–Crippen LogP) is 5.09. The number of aryl methyl sites for hydroxylation is 2. The summed E-state index contributed by atoms with van der Waals surface area (Å²) >= 11 is 5.38. The molecule has 0 radical (unpaired) electrons. The van der Waals surface area contributed by atoms with Crippen LogP contribution in [0.3, 0.4) is 0 Å².